The van der Waals surface area contributed by atoms with Crippen LogP contribution in [0.5, 0.6) is 0 Å². The van der Waals surface area contributed by atoms with Crippen molar-refractivity contribution in [2.75, 3.05) is 20.1 Å². The smallest absolute Gasteiger partial charge is 0.349 e. The Morgan fingerprint density at radius 1 is 1.27 bits per heavy atom. The van der Waals surface area contributed by atoms with Gasteiger partial charge in [-0.3, -0.25) is 4.79 Å². The van der Waals surface area contributed by atoms with E-state index in [1.807, 2.05) is 19.3 Å². The fourth-order valence-electron chi connectivity index (χ4n) is 2.46. The molecule has 0 bridgehead atoms. The lowest BCUT2D eigenvalue weighted by atomic mass is 10.1. The highest BCUT2D eigenvalue weighted by Gasteiger charge is 2.38. The minimum Gasteiger partial charge on any atom is -0.349 e. The summed E-state index contributed by atoms with van der Waals surface area (Å²) in [5.74, 6) is 0.0611. The Hall–Kier alpha value is -1.21. The molecule has 2 rings (SSSR count). The molecule has 1 amide bonds. The summed E-state index contributed by atoms with van der Waals surface area (Å²) < 4.78 is 37.9. The summed E-state index contributed by atoms with van der Waals surface area (Å²) in [6.45, 7) is 3.39. The van der Waals surface area contributed by atoms with Crippen LogP contribution >= 0.6 is 11.8 Å². The van der Waals surface area contributed by atoms with Crippen molar-refractivity contribution < 1.29 is 23.3 Å². The Bertz CT molecular complexity index is 519. The second kappa shape index (κ2) is 6.91. The number of halogens is 3. The van der Waals surface area contributed by atoms with Gasteiger partial charge in [-0.05, 0) is 24.6 Å². The highest BCUT2D eigenvalue weighted by Crippen LogP contribution is 2.43. The summed E-state index contributed by atoms with van der Waals surface area (Å²) in [6, 6.07) is 5.12. The Kier molecular flexibility index (Phi) is 5.39. The number of nitrogens with two attached hydrogens (primary N) is 1. The molecule has 122 valence electrons. The van der Waals surface area contributed by atoms with E-state index in [4.69, 9.17) is 0 Å². The van der Waals surface area contributed by atoms with Crippen LogP contribution in [0.15, 0.2) is 24.3 Å². The molecule has 0 spiro atoms. The fraction of sp³-hybridized carbons (Fsp3) is 0.533. The van der Waals surface area contributed by atoms with Gasteiger partial charge in [-0.15, -0.1) is 11.8 Å². The van der Waals surface area contributed by atoms with E-state index in [0.29, 0.717) is 6.54 Å². The third kappa shape index (κ3) is 3.76. The average molecular weight is 333 g/mol. The maximum atomic E-state index is 12.6. The van der Waals surface area contributed by atoms with Gasteiger partial charge in [0, 0.05) is 13.0 Å². The van der Waals surface area contributed by atoms with Crippen LogP contribution in [0.2, 0.25) is 0 Å². The predicted molar refractivity (Wildman–Crippen MR) is 80.3 cm³/mol. The molecule has 2 atom stereocenters. The van der Waals surface area contributed by atoms with Gasteiger partial charge in [0.15, 0.2) is 0 Å². The Morgan fingerprint density at radius 3 is 2.45 bits per heavy atom. The molecule has 0 radical (unpaired) electrons. The van der Waals surface area contributed by atoms with Gasteiger partial charge < -0.3 is 10.2 Å². The third-order valence-corrected chi connectivity index (χ3v) is 5.06. The second-order valence-corrected chi connectivity index (χ2v) is 6.76. The van der Waals surface area contributed by atoms with E-state index in [1.165, 1.54) is 23.9 Å². The second-order valence-electron chi connectivity index (χ2n) is 5.33. The number of alkyl halides is 3. The summed E-state index contributed by atoms with van der Waals surface area (Å²) >= 11 is 1.49. The summed E-state index contributed by atoms with van der Waals surface area (Å²) in [5.41, 5.74) is 0.0851. The number of carbonyl (C=O) groups excluding carboxylic acids is 1. The molecule has 0 saturated carbocycles. The van der Waals surface area contributed by atoms with Gasteiger partial charge in [0.25, 0.3) is 0 Å². The molecule has 1 aliphatic rings. The average Bonchev–Trinajstić information content (AvgIpc) is 2.75. The van der Waals surface area contributed by atoms with Crippen molar-refractivity contribution in [3.8, 4) is 0 Å². The molecule has 2 N–H and O–H groups in total. The normalized spacial score (nSPS) is 22.4. The summed E-state index contributed by atoms with van der Waals surface area (Å²) in [6.07, 6.45) is -3.46. The van der Waals surface area contributed by atoms with E-state index in [1.54, 1.807) is 4.90 Å². The zero-order valence-corrected chi connectivity index (χ0v) is 13.4. The highest BCUT2D eigenvalue weighted by molar-refractivity contribution is 8.01. The molecule has 1 aromatic rings. The first-order valence-corrected chi connectivity index (χ1v) is 8.19. The van der Waals surface area contributed by atoms with Crippen LogP contribution in [0.3, 0.4) is 0 Å². The molecule has 3 nitrogen and oxygen atoms in total. The zero-order valence-electron chi connectivity index (χ0n) is 12.6. The quantitative estimate of drug-likeness (QED) is 0.839. The van der Waals surface area contributed by atoms with Crippen molar-refractivity contribution in [3.05, 3.63) is 35.4 Å². The van der Waals surface area contributed by atoms with Crippen LogP contribution in [0, 0.1) is 0 Å². The first-order valence-electron chi connectivity index (χ1n) is 7.25. The van der Waals surface area contributed by atoms with E-state index in [0.717, 1.165) is 30.7 Å². The molecular formula is C15H20F3N2OS+. The van der Waals surface area contributed by atoms with Crippen molar-refractivity contribution >= 4 is 17.7 Å². The summed E-state index contributed by atoms with van der Waals surface area (Å²) in [4.78, 5) is 14.0. The van der Waals surface area contributed by atoms with Gasteiger partial charge in [-0.1, -0.05) is 12.1 Å². The highest BCUT2D eigenvalue weighted by atomic mass is 32.2. The van der Waals surface area contributed by atoms with E-state index < -0.39 is 11.7 Å². The number of carbonyl (C=O) groups is 1. The Labute approximate surface area is 132 Å². The predicted octanol–water partition coefficient (Wildman–Crippen LogP) is 2.25. The summed E-state index contributed by atoms with van der Waals surface area (Å²) in [5, 5.41) is 1.70. The molecular weight excluding hydrogens is 313 g/mol. The molecule has 0 unspecified atom stereocenters. The lowest BCUT2D eigenvalue weighted by molar-refractivity contribution is -0.627. The van der Waals surface area contributed by atoms with Crippen molar-refractivity contribution in [2.24, 2.45) is 0 Å². The maximum Gasteiger partial charge on any atom is 0.416 e. The molecule has 7 heteroatoms. The molecule has 1 saturated heterocycles. The largest absolute Gasteiger partial charge is 0.416 e. The van der Waals surface area contributed by atoms with Crippen LogP contribution in [0.4, 0.5) is 13.2 Å². The first kappa shape index (κ1) is 17.1. The Balaban J connectivity index is 2.16. The van der Waals surface area contributed by atoms with Crippen LogP contribution in [-0.2, 0) is 11.0 Å². The standard InChI is InChI=1S/C15H19F3N2OS/c1-10-13(21)20(9-3-8-19-2)14(22-10)11-4-6-12(7-5-11)15(16,17)18/h4-7,10,14,19H,3,8-9H2,1-2H3/p+1/t10-,14+/m1/s1. The van der Waals surface area contributed by atoms with Gasteiger partial charge in [0.05, 0.1) is 24.4 Å². The lowest BCUT2D eigenvalue weighted by Crippen LogP contribution is -2.79. The topological polar surface area (TPSA) is 36.9 Å². The molecule has 1 aliphatic heterocycles. The van der Waals surface area contributed by atoms with E-state index in [-0.39, 0.29) is 16.5 Å². The van der Waals surface area contributed by atoms with Crippen LogP contribution < -0.4 is 5.32 Å². The Morgan fingerprint density at radius 2 is 1.91 bits per heavy atom. The molecule has 0 aliphatic carbocycles. The van der Waals surface area contributed by atoms with E-state index >= 15 is 0 Å². The number of thioether (sulfide) groups is 1. The van der Waals surface area contributed by atoms with Gasteiger partial charge >= 0.3 is 6.18 Å². The number of amides is 1. The molecule has 0 aromatic heterocycles. The molecule has 1 aromatic carbocycles. The van der Waals surface area contributed by atoms with Crippen LogP contribution in [-0.4, -0.2) is 36.2 Å². The maximum absolute atomic E-state index is 12.6. The van der Waals surface area contributed by atoms with Crippen LogP contribution in [0.25, 0.3) is 0 Å². The number of benzene rings is 1. The number of hydrogen-bond acceptors (Lipinski definition) is 2. The van der Waals surface area contributed by atoms with Crippen molar-refractivity contribution in [1.29, 1.82) is 0 Å². The van der Waals surface area contributed by atoms with Crippen LogP contribution in [0.1, 0.15) is 29.8 Å². The number of quaternary nitrogens is 1. The van der Waals surface area contributed by atoms with Gasteiger partial charge in [0.1, 0.15) is 5.37 Å². The minimum absolute atomic E-state index is 0.0611. The fourth-order valence-corrected chi connectivity index (χ4v) is 3.77. The first-order chi connectivity index (χ1) is 10.3. The van der Waals surface area contributed by atoms with Gasteiger partial charge in [0.2, 0.25) is 5.91 Å². The lowest BCUT2D eigenvalue weighted by Gasteiger charge is -2.24. The molecule has 1 heterocycles. The molecule has 1 fully saturated rings. The SMILES string of the molecule is C[NH2+]CCCN1C(=O)[C@@H](C)S[C@H]1c1ccc(C(F)(F)F)cc1. The third-order valence-electron chi connectivity index (χ3n) is 3.66. The van der Waals surface area contributed by atoms with Crippen molar-refractivity contribution in [1.82, 2.24) is 4.90 Å². The minimum atomic E-state index is -4.33. The monoisotopic (exact) mass is 333 g/mol. The number of rotatable bonds is 5. The molecule has 22 heavy (non-hydrogen) atoms. The van der Waals surface area contributed by atoms with E-state index in [9.17, 15) is 18.0 Å². The van der Waals surface area contributed by atoms with Gasteiger partial charge in [-0.2, -0.15) is 13.2 Å². The van der Waals surface area contributed by atoms with Crippen molar-refractivity contribution in [3.63, 3.8) is 0 Å². The van der Waals surface area contributed by atoms with Gasteiger partial charge in [-0.25, -0.2) is 0 Å². The summed E-state index contributed by atoms with van der Waals surface area (Å²) in [7, 11) is 1.97. The zero-order chi connectivity index (χ0) is 16.3. The van der Waals surface area contributed by atoms with Crippen molar-refractivity contribution in [2.45, 2.75) is 30.1 Å². The number of nitrogens with zero attached hydrogens (tertiary/aromatic N) is 1. The van der Waals surface area contributed by atoms with E-state index in [2.05, 4.69) is 0 Å². The number of hydrogen-bond donors (Lipinski definition) is 1.